The van der Waals surface area contributed by atoms with Gasteiger partial charge in [-0.3, -0.25) is 4.79 Å². The molecule has 104 valence electrons. The van der Waals surface area contributed by atoms with E-state index in [0.29, 0.717) is 19.0 Å². The van der Waals surface area contributed by atoms with E-state index in [1.807, 2.05) is 35.2 Å². The number of anilines is 1. The number of amides is 1. The predicted molar refractivity (Wildman–Crippen MR) is 79.1 cm³/mol. The van der Waals surface area contributed by atoms with Crippen molar-refractivity contribution >= 4 is 11.6 Å². The Hall–Kier alpha value is -1.35. The first-order valence-corrected chi connectivity index (χ1v) is 7.40. The van der Waals surface area contributed by atoms with Crippen molar-refractivity contribution in [3.8, 4) is 0 Å². The van der Waals surface area contributed by atoms with Gasteiger partial charge in [0.2, 0.25) is 5.91 Å². The number of nitrogens with zero attached hydrogens (tertiary/aromatic N) is 1. The summed E-state index contributed by atoms with van der Waals surface area (Å²) in [6.45, 7) is 0.582. The summed E-state index contributed by atoms with van der Waals surface area (Å²) in [5, 5.41) is 0. The number of para-hydroxylation sites is 1. The minimum Gasteiger partial charge on any atom is -0.330 e. The van der Waals surface area contributed by atoms with E-state index in [0.717, 1.165) is 24.9 Å². The lowest BCUT2D eigenvalue weighted by atomic mass is 9.93. The molecule has 0 unspecified atom stereocenters. The highest BCUT2D eigenvalue weighted by atomic mass is 16.2. The first-order valence-electron chi connectivity index (χ1n) is 7.40. The van der Waals surface area contributed by atoms with Gasteiger partial charge in [-0.1, -0.05) is 37.5 Å². The highest BCUT2D eigenvalue weighted by molar-refractivity contribution is 5.93. The Morgan fingerprint density at radius 3 is 2.47 bits per heavy atom. The van der Waals surface area contributed by atoms with Crippen molar-refractivity contribution in [2.75, 3.05) is 11.4 Å². The van der Waals surface area contributed by atoms with Crippen LogP contribution in [-0.4, -0.2) is 18.5 Å². The molecule has 0 atom stereocenters. The van der Waals surface area contributed by atoms with Crippen LogP contribution in [0.15, 0.2) is 30.3 Å². The topological polar surface area (TPSA) is 46.3 Å². The largest absolute Gasteiger partial charge is 0.330 e. The molecule has 0 aromatic heterocycles. The predicted octanol–water partition coefficient (Wildman–Crippen LogP) is 3.09. The summed E-state index contributed by atoms with van der Waals surface area (Å²) < 4.78 is 0. The van der Waals surface area contributed by atoms with Gasteiger partial charge in [0, 0.05) is 18.2 Å². The molecule has 1 fully saturated rings. The number of carbonyl (C=O) groups is 1. The van der Waals surface area contributed by atoms with E-state index in [4.69, 9.17) is 5.73 Å². The van der Waals surface area contributed by atoms with Crippen molar-refractivity contribution in [2.24, 2.45) is 5.73 Å². The lowest BCUT2D eigenvalue weighted by Gasteiger charge is -2.34. The van der Waals surface area contributed by atoms with E-state index in [1.165, 1.54) is 19.3 Å². The van der Waals surface area contributed by atoms with E-state index < -0.39 is 0 Å². The average Bonchev–Trinajstić information content (AvgIpc) is 2.47. The molecule has 1 aliphatic rings. The third-order valence-corrected chi connectivity index (χ3v) is 3.84. The fourth-order valence-corrected chi connectivity index (χ4v) is 2.86. The van der Waals surface area contributed by atoms with Gasteiger partial charge in [-0.05, 0) is 37.9 Å². The van der Waals surface area contributed by atoms with Crippen LogP contribution in [0, 0.1) is 0 Å². The van der Waals surface area contributed by atoms with Crippen LogP contribution >= 0.6 is 0 Å². The monoisotopic (exact) mass is 260 g/mol. The van der Waals surface area contributed by atoms with Gasteiger partial charge in [-0.2, -0.15) is 0 Å². The molecule has 0 radical (unpaired) electrons. The Bertz CT molecular complexity index is 385. The van der Waals surface area contributed by atoms with E-state index in [9.17, 15) is 4.79 Å². The fraction of sp³-hybridized carbons (Fsp3) is 0.562. The fourth-order valence-electron chi connectivity index (χ4n) is 2.86. The SMILES string of the molecule is NCCCC(=O)N(c1ccccc1)C1CCCCC1. The number of benzene rings is 1. The molecule has 0 heterocycles. The van der Waals surface area contributed by atoms with Gasteiger partial charge in [0.25, 0.3) is 0 Å². The summed E-state index contributed by atoms with van der Waals surface area (Å²) in [6.07, 6.45) is 7.36. The molecule has 0 bridgehead atoms. The zero-order valence-corrected chi connectivity index (χ0v) is 11.6. The van der Waals surface area contributed by atoms with Gasteiger partial charge in [0.1, 0.15) is 0 Å². The number of hydrogen-bond donors (Lipinski definition) is 1. The Morgan fingerprint density at radius 2 is 1.84 bits per heavy atom. The first kappa shape index (κ1) is 14.1. The second kappa shape index (κ2) is 7.29. The third-order valence-electron chi connectivity index (χ3n) is 3.84. The van der Waals surface area contributed by atoms with Gasteiger partial charge in [-0.15, -0.1) is 0 Å². The number of hydrogen-bond acceptors (Lipinski definition) is 2. The van der Waals surface area contributed by atoms with Gasteiger partial charge in [0.05, 0.1) is 0 Å². The lowest BCUT2D eigenvalue weighted by Crippen LogP contribution is -2.41. The third kappa shape index (κ3) is 3.80. The van der Waals surface area contributed by atoms with E-state index in [-0.39, 0.29) is 5.91 Å². The molecule has 1 amide bonds. The van der Waals surface area contributed by atoms with Crippen molar-refractivity contribution in [3.05, 3.63) is 30.3 Å². The maximum Gasteiger partial charge on any atom is 0.227 e. The molecule has 1 saturated carbocycles. The summed E-state index contributed by atoms with van der Waals surface area (Å²) in [7, 11) is 0. The molecular formula is C16H24N2O. The minimum absolute atomic E-state index is 0.226. The molecule has 3 heteroatoms. The highest BCUT2D eigenvalue weighted by Crippen LogP contribution is 2.28. The van der Waals surface area contributed by atoms with Crippen LogP contribution in [0.2, 0.25) is 0 Å². The molecule has 1 aromatic carbocycles. The Morgan fingerprint density at radius 1 is 1.16 bits per heavy atom. The zero-order chi connectivity index (χ0) is 13.5. The van der Waals surface area contributed by atoms with Gasteiger partial charge < -0.3 is 10.6 Å². The molecule has 0 saturated heterocycles. The van der Waals surface area contributed by atoms with Crippen LogP contribution in [0.4, 0.5) is 5.69 Å². The van der Waals surface area contributed by atoms with Crippen molar-refractivity contribution in [3.63, 3.8) is 0 Å². The first-order chi connectivity index (χ1) is 9.33. The van der Waals surface area contributed by atoms with Crippen LogP contribution < -0.4 is 10.6 Å². The molecular weight excluding hydrogens is 236 g/mol. The van der Waals surface area contributed by atoms with Crippen LogP contribution in [0.25, 0.3) is 0 Å². The van der Waals surface area contributed by atoms with Crippen molar-refractivity contribution in [2.45, 2.75) is 51.0 Å². The van der Waals surface area contributed by atoms with E-state index in [2.05, 4.69) is 0 Å². The van der Waals surface area contributed by atoms with Crippen LogP contribution in [0.1, 0.15) is 44.9 Å². The van der Waals surface area contributed by atoms with Crippen molar-refractivity contribution < 1.29 is 4.79 Å². The van der Waals surface area contributed by atoms with E-state index >= 15 is 0 Å². The average molecular weight is 260 g/mol. The summed E-state index contributed by atoms with van der Waals surface area (Å²) in [6, 6.07) is 10.4. The maximum absolute atomic E-state index is 12.5. The van der Waals surface area contributed by atoms with Crippen LogP contribution in [0.5, 0.6) is 0 Å². The number of carbonyl (C=O) groups excluding carboxylic acids is 1. The smallest absolute Gasteiger partial charge is 0.227 e. The quantitative estimate of drug-likeness (QED) is 0.884. The van der Waals surface area contributed by atoms with E-state index in [1.54, 1.807) is 0 Å². The van der Waals surface area contributed by atoms with Crippen LogP contribution in [-0.2, 0) is 4.79 Å². The number of nitrogens with two attached hydrogens (primary N) is 1. The lowest BCUT2D eigenvalue weighted by molar-refractivity contribution is -0.119. The molecule has 1 aliphatic carbocycles. The molecule has 2 rings (SSSR count). The molecule has 0 spiro atoms. The molecule has 19 heavy (non-hydrogen) atoms. The highest BCUT2D eigenvalue weighted by Gasteiger charge is 2.26. The van der Waals surface area contributed by atoms with Gasteiger partial charge >= 0.3 is 0 Å². The Kier molecular flexibility index (Phi) is 5.40. The standard InChI is InChI=1S/C16H24N2O/c17-13-7-12-16(19)18(14-8-3-1-4-9-14)15-10-5-2-6-11-15/h1,3-4,8-9,15H,2,5-7,10-13,17H2. The zero-order valence-electron chi connectivity index (χ0n) is 11.6. The maximum atomic E-state index is 12.5. The van der Waals surface area contributed by atoms with Gasteiger partial charge in [-0.25, -0.2) is 0 Å². The molecule has 3 nitrogen and oxygen atoms in total. The minimum atomic E-state index is 0.226. The van der Waals surface area contributed by atoms with Crippen LogP contribution in [0.3, 0.4) is 0 Å². The molecule has 2 N–H and O–H groups in total. The van der Waals surface area contributed by atoms with Crippen molar-refractivity contribution in [1.29, 1.82) is 0 Å². The Balaban J connectivity index is 2.14. The summed E-state index contributed by atoms with van der Waals surface area (Å²) >= 11 is 0. The number of rotatable bonds is 5. The molecule has 1 aromatic rings. The summed E-state index contributed by atoms with van der Waals surface area (Å²) in [4.78, 5) is 14.5. The Labute approximate surface area is 115 Å². The second-order valence-corrected chi connectivity index (χ2v) is 5.28. The van der Waals surface area contributed by atoms with Crippen molar-refractivity contribution in [1.82, 2.24) is 0 Å². The molecule has 0 aliphatic heterocycles. The van der Waals surface area contributed by atoms with Gasteiger partial charge in [0.15, 0.2) is 0 Å². The summed E-state index contributed by atoms with van der Waals surface area (Å²) in [5.74, 6) is 0.226. The summed E-state index contributed by atoms with van der Waals surface area (Å²) in [5.41, 5.74) is 6.56. The second-order valence-electron chi connectivity index (χ2n) is 5.28. The normalized spacial score (nSPS) is 16.3.